The number of aromatic nitrogens is 4. The van der Waals surface area contributed by atoms with Gasteiger partial charge in [-0.1, -0.05) is 164 Å². The van der Waals surface area contributed by atoms with Gasteiger partial charge in [-0.15, -0.1) is 0 Å². The number of fused-ring (bicyclic) bond motifs is 8. The summed E-state index contributed by atoms with van der Waals surface area (Å²) in [5.41, 5.74) is 19.1. The van der Waals surface area contributed by atoms with Gasteiger partial charge in [0.15, 0.2) is 0 Å². The Morgan fingerprint density at radius 2 is 0.682 bits per heavy atom. The van der Waals surface area contributed by atoms with Crippen LogP contribution in [0.1, 0.15) is 0 Å². The second-order valence-corrected chi connectivity index (χ2v) is 16.8. The second kappa shape index (κ2) is 15.4. The summed E-state index contributed by atoms with van der Waals surface area (Å²) in [4.78, 5) is 7.83. The number of hydrogen-bond donors (Lipinski definition) is 0. The molecule has 5 nitrogen and oxygen atoms in total. The van der Waals surface area contributed by atoms with Crippen LogP contribution in [-0.2, 0) is 0 Å². The molecule has 13 aromatic rings. The lowest BCUT2D eigenvalue weighted by molar-refractivity contribution is 1.11. The fourth-order valence-electron chi connectivity index (χ4n) is 9.95. The van der Waals surface area contributed by atoms with Gasteiger partial charge in [0, 0.05) is 33.5 Å². The molecule has 0 aliphatic carbocycles. The van der Waals surface area contributed by atoms with Crippen LogP contribution < -0.4 is 4.90 Å². The summed E-state index contributed by atoms with van der Waals surface area (Å²) in [5, 5.41) is 2.47. The van der Waals surface area contributed by atoms with Crippen LogP contribution in [0.2, 0.25) is 0 Å². The monoisotopic (exact) mass is 843 g/mol. The van der Waals surface area contributed by atoms with Gasteiger partial charge >= 0.3 is 0 Å². The lowest BCUT2D eigenvalue weighted by atomic mass is 10.0. The highest BCUT2D eigenvalue weighted by Gasteiger charge is 2.21. The lowest BCUT2D eigenvalue weighted by Gasteiger charge is -2.26. The van der Waals surface area contributed by atoms with Crippen molar-refractivity contribution in [3.8, 4) is 44.8 Å². The highest BCUT2D eigenvalue weighted by Crippen LogP contribution is 2.40. The van der Waals surface area contributed by atoms with Gasteiger partial charge in [-0.05, 0) is 118 Å². The largest absolute Gasteiger partial charge is 0.311 e. The van der Waals surface area contributed by atoms with Crippen LogP contribution in [-0.4, -0.2) is 18.5 Å². The van der Waals surface area contributed by atoms with E-state index in [0.717, 1.165) is 67.4 Å². The van der Waals surface area contributed by atoms with E-state index < -0.39 is 0 Å². The molecule has 3 heterocycles. The molecule has 0 aliphatic rings. The molecule has 0 saturated carbocycles. The predicted octanol–water partition coefficient (Wildman–Crippen LogP) is 16.0. The average Bonchev–Trinajstić information content (AvgIpc) is 4.05. The molecule has 310 valence electrons. The first-order valence-electron chi connectivity index (χ1n) is 22.5. The summed E-state index contributed by atoms with van der Waals surface area (Å²) in [7, 11) is 0. The Bertz CT molecular complexity index is 3740. The fraction of sp³-hybridized carbons (Fsp3) is 0. The quantitative estimate of drug-likeness (QED) is 0.153. The Kier molecular flexibility index (Phi) is 8.78. The Balaban J connectivity index is 0.870. The zero-order chi connectivity index (χ0) is 43.6. The summed E-state index contributed by atoms with van der Waals surface area (Å²) in [6.07, 6.45) is 0. The van der Waals surface area contributed by atoms with Crippen molar-refractivity contribution in [2.45, 2.75) is 0 Å². The summed E-state index contributed by atoms with van der Waals surface area (Å²) in [6.45, 7) is 0. The number of nitrogens with zero attached hydrogens (tertiary/aromatic N) is 5. The lowest BCUT2D eigenvalue weighted by Crippen LogP contribution is -2.09. The van der Waals surface area contributed by atoms with Crippen molar-refractivity contribution in [1.82, 2.24) is 18.5 Å². The summed E-state index contributed by atoms with van der Waals surface area (Å²) in [6, 6.07) is 89.1. The predicted molar refractivity (Wildman–Crippen MR) is 275 cm³/mol. The zero-order valence-electron chi connectivity index (χ0n) is 35.9. The molecule has 0 saturated heterocycles. The van der Waals surface area contributed by atoms with E-state index >= 15 is 0 Å². The van der Waals surface area contributed by atoms with Gasteiger partial charge in [0.2, 0.25) is 5.78 Å². The highest BCUT2D eigenvalue weighted by molar-refractivity contribution is 6.10. The molecule has 13 rings (SSSR count). The van der Waals surface area contributed by atoms with Crippen LogP contribution >= 0.6 is 0 Å². The van der Waals surface area contributed by atoms with Crippen molar-refractivity contribution in [2.24, 2.45) is 0 Å². The van der Waals surface area contributed by atoms with Crippen molar-refractivity contribution in [2.75, 3.05) is 4.90 Å². The molecule has 0 radical (unpaired) electrons. The number of anilines is 3. The molecular weight excluding hydrogens is 803 g/mol. The third-order valence-corrected chi connectivity index (χ3v) is 13.1. The van der Waals surface area contributed by atoms with E-state index in [2.05, 4.69) is 267 Å². The number of rotatable bonds is 8. The molecular formula is C61H41N5. The van der Waals surface area contributed by atoms with Gasteiger partial charge in [0.1, 0.15) is 5.52 Å². The second-order valence-electron chi connectivity index (χ2n) is 16.8. The molecule has 0 atom stereocenters. The van der Waals surface area contributed by atoms with E-state index in [0.29, 0.717) is 0 Å². The molecule has 0 amide bonds. The van der Waals surface area contributed by atoms with Crippen LogP contribution in [0.15, 0.2) is 249 Å². The van der Waals surface area contributed by atoms with Crippen molar-refractivity contribution in [3.63, 3.8) is 0 Å². The standard InChI is InChI=1S/C61H41N5/c1-3-14-42(15-4-1)44-26-34-48(35-27-44)63(49-36-28-45(29-37-49)43-16-5-2-6-17-43)50-38-30-46(31-39-50)47-32-40-51(41-33-47)64-56-22-11-12-23-57(56)66-59-25-13-24-58(60(59)62-61(64)66)65-54-20-9-7-18-52(54)53-19-8-10-21-55(53)65/h1-41H. The van der Waals surface area contributed by atoms with E-state index in [1.165, 1.54) is 44.1 Å². The summed E-state index contributed by atoms with van der Waals surface area (Å²) < 4.78 is 6.97. The fourth-order valence-corrected chi connectivity index (χ4v) is 9.95. The van der Waals surface area contributed by atoms with E-state index in [4.69, 9.17) is 4.98 Å². The topological polar surface area (TPSA) is 30.4 Å². The molecule has 5 heteroatoms. The number of hydrogen-bond acceptors (Lipinski definition) is 2. The average molecular weight is 844 g/mol. The maximum atomic E-state index is 5.50. The van der Waals surface area contributed by atoms with Gasteiger partial charge in [-0.3, -0.25) is 8.97 Å². The van der Waals surface area contributed by atoms with E-state index in [-0.39, 0.29) is 0 Å². The van der Waals surface area contributed by atoms with Crippen molar-refractivity contribution in [3.05, 3.63) is 249 Å². The molecule has 0 N–H and O–H groups in total. The first-order chi connectivity index (χ1) is 32.7. The Morgan fingerprint density at radius 1 is 0.288 bits per heavy atom. The van der Waals surface area contributed by atoms with Crippen molar-refractivity contribution in [1.29, 1.82) is 0 Å². The minimum atomic E-state index is 0.880. The minimum absolute atomic E-state index is 0.880. The van der Waals surface area contributed by atoms with Crippen LogP contribution in [0.3, 0.4) is 0 Å². The zero-order valence-corrected chi connectivity index (χ0v) is 35.9. The Labute approximate surface area is 381 Å². The highest BCUT2D eigenvalue weighted by atomic mass is 15.2. The number of para-hydroxylation sites is 5. The van der Waals surface area contributed by atoms with Crippen LogP contribution in [0.5, 0.6) is 0 Å². The van der Waals surface area contributed by atoms with Gasteiger partial charge in [0.05, 0.1) is 33.3 Å². The molecule has 3 aromatic heterocycles. The Morgan fingerprint density at radius 3 is 1.18 bits per heavy atom. The first-order valence-corrected chi connectivity index (χ1v) is 22.5. The third-order valence-electron chi connectivity index (χ3n) is 13.1. The summed E-state index contributed by atoms with van der Waals surface area (Å²) >= 11 is 0. The van der Waals surface area contributed by atoms with E-state index in [1.807, 2.05) is 0 Å². The van der Waals surface area contributed by atoms with E-state index in [9.17, 15) is 0 Å². The van der Waals surface area contributed by atoms with Gasteiger partial charge in [0.25, 0.3) is 0 Å². The molecule has 0 fully saturated rings. The minimum Gasteiger partial charge on any atom is -0.311 e. The molecule has 0 spiro atoms. The molecule has 0 aliphatic heterocycles. The molecule has 0 unspecified atom stereocenters. The van der Waals surface area contributed by atoms with Crippen molar-refractivity contribution >= 4 is 66.7 Å². The van der Waals surface area contributed by atoms with Gasteiger partial charge in [-0.25, -0.2) is 4.98 Å². The third kappa shape index (κ3) is 6.13. The molecule has 66 heavy (non-hydrogen) atoms. The van der Waals surface area contributed by atoms with Crippen LogP contribution in [0, 0.1) is 0 Å². The first kappa shape index (κ1) is 37.6. The van der Waals surface area contributed by atoms with Gasteiger partial charge < -0.3 is 9.47 Å². The SMILES string of the molecule is c1ccc(-c2ccc(N(c3ccc(-c4ccccc4)cc3)c3ccc(-c4ccc(-n5c6ccccc6n6c7cccc(-n8c9ccccc9c9ccccc98)c7nc56)cc4)cc3)cc2)cc1. The normalized spacial score (nSPS) is 11.6. The summed E-state index contributed by atoms with van der Waals surface area (Å²) in [5.74, 6) is 0.880. The smallest absolute Gasteiger partial charge is 0.220 e. The van der Waals surface area contributed by atoms with Gasteiger partial charge in [-0.2, -0.15) is 0 Å². The number of imidazole rings is 2. The number of benzene rings is 10. The maximum absolute atomic E-state index is 5.50. The Hall–Kier alpha value is -8.93. The molecule has 0 bridgehead atoms. The van der Waals surface area contributed by atoms with E-state index in [1.54, 1.807) is 0 Å². The van der Waals surface area contributed by atoms with Crippen molar-refractivity contribution < 1.29 is 0 Å². The molecule has 10 aromatic carbocycles. The van der Waals surface area contributed by atoms with Crippen LogP contribution in [0.25, 0.3) is 94.4 Å². The van der Waals surface area contributed by atoms with Crippen LogP contribution in [0.4, 0.5) is 17.1 Å². The maximum Gasteiger partial charge on any atom is 0.220 e.